The van der Waals surface area contributed by atoms with E-state index < -0.39 is 0 Å². The van der Waals surface area contributed by atoms with Crippen LogP contribution in [0.15, 0.2) is 75.4 Å². The van der Waals surface area contributed by atoms with E-state index in [0.29, 0.717) is 12.2 Å². The van der Waals surface area contributed by atoms with Gasteiger partial charge in [-0.3, -0.25) is 0 Å². The average molecular weight is 507 g/mol. The molecule has 1 aromatic heterocycles. The molecule has 4 aromatic rings. The number of benzene rings is 3. The molecule has 3 aromatic carbocycles. The Morgan fingerprint density at radius 2 is 1.66 bits per heavy atom. The third-order valence-corrected chi connectivity index (χ3v) is 5.82. The van der Waals surface area contributed by atoms with Crippen molar-refractivity contribution in [3.05, 3.63) is 87.4 Å². The van der Waals surface area contributed by atoms with E-state index >= 15 is 0 Å². The van der Waals surface area contributed by atoms with Crippen molar-refractivity contribution in [2.75, 3.05) is 5.32 Å². The number of azo groups is 1. The third kappa shape index (κ3) is 4.89. The molecule has 0 spiro atoms. The van der Waals surface area contributed by atoms with Crippen molar-refractivity contribution in [2.45, 2.75) is 27.3 Å². The second kappa shape index (κ2) is 9.22. The van der Waals surface area contributed by atoms with Crippen LogP contribution in [0.4, 0.5) is 11.4 Å². The highest BCUT2D eigenvalue weighted by molar-refractivity contribution is 9.10. The molecule has 0 saturated heterocycles. The number of nitrogens with zero attached hydrogens (tertiary/aromatic N) is 3. The van der Waals surface area contributed by atoms with Gasteiger partial charge in [-0.1, -0.05) is 51.8 Å². The number of hydrogen-bond donors (Lipinski definition) is 2. The molecular weight excluding hydrogens is 484 g/mol. The van der Waals surface area contributed by atoms with Gasteiger partial charge in [0.15, 0.2) is 5.69 Å². The molecule has 2 N–H and O–H groups in total. The molecule has 0 aliphatic carbocycles. The Kier molecular flexibility index (Phi) is 6.39. The minimum Gasteiger partial charge on any atom is -0.493 e. The molecule has 0 aliphatic rings. The van der Waals surface area contributed by atoms with Gasteiger partial charge in [0.2, 0.25) is 11.0 Å². The van der Waals surface area contributed by atoms with Gasteiger partial charge in [-0.25, -0.2) is 0 Å². The first-order valence-corrected chi connectivity index (χ1v) is 11.4. The summed E-state index contributed by atoms with van der Waals surface area (Å²) in [7, 11) is 0. The molecule has 0 saturated carbocycles. The monoisotopic (exact) mass is 506 g/mol. The minimum absolute atomic E-state index is 0.0524. The Hall–Kier alpha value is -3.03. The maximum absolute atomic E-state index is 11.0. The van der Waals surface area contributed by atoms with Crippen LogP contribution in [0.2, 0.25) is 0 Å². The number of aryl methyl sites for hydroxylation is 3. The van der Waals surface area contributed by atoms with Crippen LogP contribution in [-0.2, 0) is 6.54 Å². The maximum atomic E-state index is 11.0. The fourth-order valence-corrected chi connectivity index (χ4v) is 4.24. The number of halogens is 1. The zero-order valence-electron chi connectivity index (χ0n) is 18.1. The molecule has 5 nitrogen and oxygen atoms in total. The van der Waals surface area contributed by atoms with E-state index in [2.05, 4.69) is 68.7 Å². The van der Waals surface area contributed by atoms with Gasteiger partial charge in [-0.2, -0.15) is 0 Å². The predicted octanol–water partition coefficient (Wildman–Crippen LogP) is 7.56. The number of nitrogens with one attached hydrogen (secondary N) is 1. The van der Waals surface area contributed by atoms with Crippen molar-refractivity contribution < 1.29 is 5.11 Å². The molecule has 0 amide bonds. The summed E-state index contributed by atoms with van der Waals surface area (Å²) >= 11 is 8.88. The van der Waals surface area contributed by atoms with Gasteiger partial charge in [0.1, 0.15) is 0 Å². The normalized spacial score (nSPS) is 11.4. The SMILES string of the molecule is Cc1ccc(Cn2c(O)c(N=NC(=S)Nc3cc(C)cc(C)c3)c3cc(Br)ccc32)cc1. The molecule has 162 valence electrons. The van der Waals surface area contributed by atoms with E-state index in [4.69, 9.17) is 12.2 Å². The van der Waals surface area contributed by atoms with Crippen LogP contribution in [0.25, 0.3) is 10.9 Å². The van der Waals surface area contributed by atoms with Crippen molar-refractivity contribution in [3.8, 4) is 5.88 Å². The quantitative estimate of drug-likeness (QED) is 0.221. The van der Waals surface area contributed by atoms with Gasteiger partial charge in [0.05, 0.1) is 12.1 Å². The third-order valence-electron chi connectivity index (χ3n) is 5.15. The predicted molar refractivity (Wildman–Crippen MR) is 138 cm³/mol. The van der Waals surface area contributed by atoms with Crippen molar-refractivity contribution in [1.29, 1.82) is 0 Å². The van der Waals surface area contributed by atoms with Gasteiger partial charge >= 0.3 is 0 Å². The smallest absolute Gasteiger partial charge is 0.221 e. The van der Waals surface area contributed by atoms with Gasteiger partial charge in [0.25, 0.3) is 0 Å². The number of aromatic nitrogens is 1. The van der Waals surface area contributed by atoms with Crippen molar-refractivity contribution in [3.63, 3.8) is 0 Å². The average Bonchev–Trinajstić information content (AvgIpc) is 2.97. The lowest BCUT2D eigenvalue weighted by Gasteiger charge is -2.08. The molecular formula is C25H23BrN4OS. The Morgan fingerprint density at radius 3 is 2.34 bits per heavy atom. The molecule has 0 radical (unpaired) electrons. The first-order chi connectivity index (χ1) is 15.3. The van der Waals surface area contributed by atoms with Crippen molar-refractivity contribution in [2.24, 2.45) is 10.2 Å². The first-order valence-electron chi connectivity index (χ1n) is 10.2. The van der Waals surface area contributed by atoms with Crippen molar-refractivity contribution >= 4 is 55.5 Å². The molecule has 0 fully saturated rings. The Balaban J connectivity index is 1.67. The molecule has 0 unspecified atom stereocenters. The number of thiocarbonyl (C=S) groups is 1. The van der Waals surface area contributed by atoms with Crippen LogP contribution < -0.4 is 5.32 Å². The standard InChI is InChI=1S/C25H23BrN4OS/c1-15-4-6-18(7-5-15)14-30-22-9-8-19(26)13-21(22)23(24(30)31)28-29-25(32)27-20-11-16(2)10-17(3)12-20/h4-13,31H,14H2,1-3H3,(H,27,32). The first kappa shape index (κ1) is 22.2. The maximum Gasteiger partial charge on any atom is 0.221 e. The van der Waals surface area contributed by atoms with Crippen LogP contribution >= 0.6 is 28.1 Å². The summed E-state index contributed by atoms with van der Waals surface area (Å²) in [6.07, 6.45) is 0. The highest BCUT2D eigenvalue weighted by Crippen LogP contribution is 2.40. The molecule has 0 bridgehead atoms. The van der Waals surface area contributed by atoms with Gasteiger partial charge in [0, 0.05) is 15.5 Å². The van der Waals surface area contributed by atoms with E-state index in [1.807, 2.05) is 48.7 Å². The van der Waals surface area contributed by atoms with Gasteiger partial charge < -0.3 is 15.0 Å². The highest BCUT2D eigenvalue weighted by Gasteiger charge is 2.17. The summed E-state index contributed by atoms with van der Waals surface area (Å²) in [5, 5.41) is 23.6. The Bertz CT molecular complexity index is 1320. The summed E-state index contributed by atoms with van der Waals surface area (Å²) in [6, 6.07) is 20.2. The topological polar surface area (TPSA) is 61.9 Å². The Morgan fingerprint density at radius 1 is 0.969 bits per heavy atom. The number of hydrogen-bond acceptors (Lipinski definition) is 3. The molecule has 0 aliphatic heterocycles. The zero-order chi connectivity index (χ0) is 22.8. The second-order valence-electron chi connectivity index (χ2n) is 7.91. The van der Waals surface area contributed by atoms with E-state index in [0.717, 1.165) is 37.8 Å². The minimum atomic E-state index is 0.0524. The number of fused-ring (bicyclic) bond motifs is 1. The number of rotatable bonds is 4. The summed E-state index contributed by atoms with van der Waals surface area (Å²) in [5.41, 5.74) is 6.66. The van der Waals surface area contributed by atoms with Crippen LogP contribution in [0, 0.1) is 20.8 Å². The second-order valence-corrected chi connectivity index (χ2v) is 9.21. The van der Waals surface area contributed by atoms with E-state index in [-0.39, 0.29) is 11.0 Å². The van der Waals surface area contributed by atoms with E-state index in [1.54, 1.807) is 0 Å². The number of aromatic hydroxyl groups is 1. The molecule has 4 rings (SSSR count). The molecule has 0 atom stereocenters. The van der Waals surface area contributed by atoms with Crippen molar-refractivity contribution in [1.82, 2.24) is 4.57 Å². The van der Waals surface area contributed by atoms with Crippen LogP contribution in [0.3, 0.4) is 0 Å². The molecule has 32 heavy (non-hydrogen) atoms. The van der Waals surface area contributed by atoms with Crippen LogP contribution in [0.1, 0.15) is 22.3 Å². The van der Waals surface area contributed by atoms with Crippen LogP contribution in [-0.4, -0.2) is 14.8 Å². The summed E-state index contributed by atoms with van der Waals surface area (Å²) in [5.74, 6) is 0.0524. The summed E-state index contributed by atoms with van der Waals surface area (Å²) in [6.45, 7) is 6.63. The summed E-state index contributed by atoms with van der Waals surface area (Å²) < 4.78 is 2.73. The zero-order valence-corrected chi connectivity index (χ0v) is 20.5. The lowest BCUT2D eigenvalue weighted by Crippen LogP contribution is -2.05. The lowest BCUT2D eigenvalue weighted by molar-refractivity contribution is 0.429. The fraction of sp³-hybridized carbons (Fsp3) is 0.160. The lowest BCUT2D eigenvalue weighted by atomic mass is 10.1. The molecule has 7 heteroatoms. The van der Waals surface area contributed by atoms with E-state index in [9.17, 15) is 5.11 Å². The largest absolute Gasteiger partial charge is 0.493 e. The van der Waals surface area contributed by atoms with Crippen LogP contribution in [0.5, 0.6) is 5.88 Å². The highest BCUT2D eigenvalue weighted by atomic mass is 79.9. The fourth-order valence-electron chi connectivity index (χ4n) is 3.72. The summed E-state index contributed by atoms with van der Waals surface area (Å²) in [4.78, 5) is 0. The number of anilines is 1. The Labute approximate surface area is 200 Å². The molecule has 1 heterocycles. The van der Waals surface area contributed by atoms with Gasteiger partial charge in [-0.05, 0) is 80.0 Å². The van der Waals surface area contributed by atoms with E-state index in [1.165, 1.54) is 5.56 Å². The van der Waals surface area contributed by atoms with Gasteiger partial charge in [-0.15, -0.1) is 10.2 Å².